The minimum absolute atomic E-state index is 0.157. The van der Waals surface area contributed by atoms with Crippen LogP contribution in [0.4, 0.5) is 10.3 Å². The molecule has 0 aliphatic heterocycles. The van der Waals surface area contributed by atoms with Crippen LogP contribution >= 0.6 is 34.4 Å². The molecule has 0 saturated heterocycles. The Labute approximate surface area is 203 Å². The highest BCUT2D eigenvalue weighted by molar-refractivity contribution is 8.00. The standard InChI is InChI=1S/C23H22N4O3S3/c1-3-30-16-10-8-15(9-11-16)21-14(2)32-23(27-21)26-20(29)13-31-12-19(28)25-22-24-17-6-4-5-7-18(17)33-22/h4-11H,3,12-13H2,1-2H3,(H,24,25,28)(H,26,27,29). The maximum atomic E-state index is 12.3. The van der Waals surface area contributed by atoms with Crippen LogP contribution in [-0.2, 0) is 9.59 Å². The van der Waals surface area contributed by atoms with Crippen LogP contribution in [0.1, 0.15) is 11.8 Å². The molecule has 0 aliphatic rings. The minimum atomic E-state index is -0.195. The van der Waals surface area contributed by atoms with Crippen LogP contribution in [0.3, 0.4) is 0 Å². The number of thiazole rings is 2. The van der Waals surface area contributed by atoms with Crippen molar-refractivity contribution in [3.05, 3.63) is 53.4 Å². The first kappa shape index (κ1) is 23.2. The van der Waals surface area contributed by atoms with E-state index in [1.807, 2.05) is 62.4 Å². The van der Waals surface area contributed by atoms with Crippen molar-refractivity contribution in [2.75, 3.05) is 28.7 Å². The number of para-hydroxylation sites is 1. The van der Waals surface area contributed by atoms with E-state index < -0.39 is 0 Å². The predicted molar refractivity (Wildman–Crippen MR) is 138 cm³/mol. The second kappa shape index (κ2) is 10.8. The Kier molecular flexibility index (Phi) is 7.58. The van der Waals surface area contributed by atoms with Crippen LogP contribution < -0.4 is 15.4 Å². The van der Waals surface area contributed by atoms with Crippen molar-refractivity contribution in [2.45, 2.75) is 13.8 Å². The molecule has 0 bridgehead atoms. The molecule has 170 valence electrons. The molecule has 0 spiro atoms. The van der Waals surface area contributed by atoms with Gasteiger partial charge in [-0.2, -0.15) is 0 Å². The Balaban J connectivity index is 1.25. The molecule has 0 unspecified atom stereocenters. The molecule has 4 rings (SSSR count). The molecular weight excluding hydrogens is 476 g/mol. The van der Waals surface area contributed by atoms with Crippen molar-refractivity contribution >= 4 is 66.7 Å². The van der Waals surface area contributed by atoms with Crippen molar-refractivity contribution in [2.24, 2.45) is 0 Å². The molecule has 2 N–H and O–H groups in total. The quantitative estimate of drug-likeness (QED) is 0.319. The van der Waals surface area contributed by atoms with Gasteiger partial charge in [-0.05, 0) is 50.2 Å². The molecule has 0 atom stereocenters. The average Bonchev–Trinajstić information content (AvgIpc) is 3.36. The van der Waals surface area contributed by atoms with Crippen molar-refractivity contribution in [3.8, 4) is 17.0 Å². The van der Waals surface area contributed by atoms with E-state index in [-0.39, 0.29) is 23.3 Å². The summed E-state index contributed by atoms with van der Waals surface area (Å²) in [6, 6.07) is 15.4. The number of hydrogen-bond acceptors (Lipinski definition) is 8. The number of hydrogen-bond donors (Lipinski definition) is 2. The highest BCUT2D eigenvalue weighted by atomic mass is 32.2. The van der Waals surface area contributed by atoms with Crippen molar-refractivity contribution in [1.29, 1.82) is 0 Å². The van der Waals surface area contributed by atoms with Gasteiger partial charge in [0.05, 0.1) is 34.0 Å². The van der Waals surface area contributed by atoms with Gasteiger partial charge in [0.2, 0.25) is 11.8 Å². The smallest absolute Gasteiger partial charge is 0.236 e. The molecule has 10 heteroatoms. The number of aryl methyl sites for hydroxylation is 1. The monoisotopic (exact) mass is 498 g/mol. The summed E-state index contributed by atoms with van der Waals surface area (Å²) in [5.74, 6) is 0.753. The fourth-order valence-electron chi connectivity index (χ4n) is 3.07. The topological polar surface area (TPSA) is 93.2 Å². The number of ether oxygens (including phenoxy) is 1. The molecular formula is C23H22N4O3S3. The van der Waals surface area contributed by atoms with Crippen molar-refractivity contribution in [3.63, 3.8) is 0 Å². The first-order valence-corrected chi connectivity index (χ1v) is 13.0. The third-order valence-electron chi connectivity index (χ3n) is 4.49. The number of nitrogens with zero attached hydrogens (tertiary/aromatic N) is 2. The number of amides is 2. The molecule has 0 aliphatic carbocycles. The van der Waals surface area contributed by atoms with Gasteiger partial charge in [0.25, 0.3) is 0 Å². The van der Waals surface area contributed by atoms with Gasteiger partial charge < -0.3 is 15.4 Å². The van der Waals surface area contributed by atoms with Crippen LogP contribution in [-0.4, -0.2) is 39.9 Å². The second-order valence-electron chi connectivity index (χ2n) is 6.96. The lowest BCUT2D eigenvalue weighted by molar-refractivity contribution is -0.114. The van der Waals surface area contributed by atoms with E-state index >= 15 is 0 Å². The van der Waals surface area contributed by atoms with Gasteiger partial charge in [-0.15, -0.1) is 23.1 Å². The van der Waals surface area contributed by atoms with Gasteiger partial charge in [-0.25, -0.2) is 9.97 Å². The van der Waals surface area contributed by atoms with Gasteiger partial charge in [-0.1, -0.05) is 23.5 Å². The first-order chi connectivity index (χ1) is 16.0. The summed E-state index contributed by atoms with van der Waals surface area (Å²) in [5, 5.41) is 6.72. The lowest BCUT2D eigenvalue weighted by atomic mass is 10.1. The van der Waals surface area contributed by atoms with Crippen molar-refractivity contribution in [1.82, 2.24) is 9.97 Å². The summed E-state index contributed by atoms with van der Waals surface area (Å²) in [6.07, 6.45) is 0. The van der Waals surface area contributed by atoms with E-state index in [0.29, 0.717) is 16.9 Å². The third-order valence-corrected chi connectivity index (χ3v) is 7.26. The SMILES string of the molecule is CCOc1ccc(-c2nc(NC(=O)CSCC(=O)Nc3nc4ccccc4s3)sc2C)cc1. The zero-order chi connectivity index (χ0) is 23.2. The normalized spacial score (nSPS) is 10.8. The zero-order valence-electron chi connectivity index (χ0n) is 18.1. The number of nitrogens with one attached hydrogen (secondary N) is 2. The molecule has 0 saturated carbocycles. The average molecular weight is 499 g/mol. The molecule has 2 aromatic carbocycles. The van der Waals surface area contributed by atoms with Crippen LogP contribution in [0.2, 0.25) is 0 Å². The highest BCUT2D eigenvalue weighted by Gasteiger charge is 2.13. The third kappa shape index (κ3) is 6.10. The number of carbonyl (C=O) groups is 2. The Morgan fingerprint density at radius 3 is 2.27 bits per heavy atom. The molecule has 4 aromatic rings. The van der Waals surface area contributed by atoms with E-state index in [2.05, 4.69) is 20.6 Å². The largest absolute Gasteiger partial charge is 0.494 e. The summed E-state index contributed by atoms with van der Waals surface area (Å²) >= 11 is 4.10. The number of fused-ring (bicyclic) bond motifs is 1. The van der Waals surface area contributed by atoms with Crippen molar-refractivity contribution < 1.29 is 14.3 Å². The Bertz CT molecular complexity index is 1230. The van der Waals surface area contributed by atoms with Crippen LogP contribution in [0, 0.1) is 6.92 Å². The Morgan fingerprint density at radius 2 is 1.61 bits per heavy atom. The maximum absolute atomic E-state index is 12.3. The first-order valence-electron chi connectivity index (χ1n) is 10.3. The van der Waals surface area contributed by atoms with Gasteiger partial charge >= 0.3 is 0 Å². The molecule has 2 amide bonds. The molecule has 33 heavy (non-hydrogen) atoms. The molecule has 7 nitrogen and oxygen atoms in total. The van der Waals surface area contributed by atoms with Crippen LogP contribution in [0.15, 0.2) is 48.5 Å². The van der Waals surface area contributed by atoms with Gasteiger partial charge in [0.15, 0.2) is 10.3 Å². The lowest BCUT2D eigenvalue weighted by Gasteiger charge is -2.04. The number of anilines is 2. The minimum Gasteiger partial charge on any atom is -0.494 e. The van der Waals surface area contributed by atoms with E-state index in [1.54, 1.807) is 0 Å². The zero-order valence-corrected chi connectivity index (χ0v) is 20.5. The number of carbonyl (C=O) groups excluding carboxylic acids is 2. The molecule has 0 radical (unpaired) electrons. The Hall–Kier alpha value is -2.95. The van der Waals surface area contributed by atoms with E-state index in [4.69, 9.17) is 4.74 Å². The predicted octanol–water partition coefficient (Wildman–Crippen LogP) is 5.44. The fourth-order valence-corrected chi connectivity index (χ4v) is 5.42. The molecule has 2 heterocycles. The van der Waals surface area contributed by atoms with Gasteiger partial charge in [-0.3, -0.25) is 9.59 Å². The number of benzene rings is 2. The van der Waals surface area contributed by atoms with Gasteiger partial charge in [0.1, 0.15) is 5.75 Å². The number of aromatic nitrogens is 2. The second-order valence-corrected chi connectivity index (χ2v) is 10.2. The molecule has 0 fully saturated rings. The maximum Gasteiger partial charge on any atom is 0.236 e. The van der Waals surface area contributed by atoms with E-state index in [1.165, 1.54) is 34.4 Å². The Morgan fingerprint density at radius 1 is 0.939 bits per heavy atom. The van der Waals surface area contributed by atoms with E-state index in [9.17, 15) is 9.59 Å². The summed E-state index contributed by atoms with van der Waals surface area (Å²) in [5.41, 5.74) is 2.66. The van der Waals surface area contributed by atoms with E-state index in [0.717, 1.165) is 32.1 Å². The summed E-state index contributed by atoms with van der Waals surface area (Å²) in [6.45, 7) is 4.54. The highest BCUT2D eigenvalue weighted by Crippen LogP contribution is 2.31. The molecule has 2 aromatic heterocycles. The fraction of sp³-hybridized carbons (Fsp3) is 0.217. The number of rotatable bonds is 9. The van der Waals surface area contributed by atoms with Gasteiger partial charge in [0, 0.05) is 10.4 Å². The summed E-state index contributed by atoms with van der Waals surface area (Å²) < 4.78 is 6.49. The lowest BCUT2D eigenvalue weighted by Crippen LogP contribution is -2.18. The van der Waals surface area contributed by atoms with Crippen LogP contribution in [0.5, 0.6) is 5.75 Å². The number of thioether (sulfide) groups is 1. The summed E-state index contributed by atoms with van der Waals surface area (Å²) in [7, 11) is 0. The van der Waals surface area contributed by atoms with Crippen LogP contribution in [0.25, 0.3) is 21.5 Å². The summed E-state index contributed by atoms with van der Waals surface area (Å²) in [4.78, 5) is 34.5.